The molecule has 0 bridgehead atoms. The van der Waals surface area contributed by atoms with Gasteiger partial charge in [0.15, 0.2) is 9.84 Å². The molecule has 1 saturated heterocycles. The van der Waals surface area contributed by atoms with Crippen molar-refractivity contribution in [3.8, 4) is 0 Å². The minimum absolute atomic E-state index is 0.0300. The Morgan fingerprint density at radius 1 is 1.09 bits per heavy atom. The molecule has 0 N–H and O–H groups in total. The predicted octanol–water partition coefficient (Wildman–Crippen LogP) is 4.41. The molecular formula is C25H29N3O3S2. The molecule has 2 heterocycles. The number of hydrogen-bond acceptors (Lipinski definition) is 5. The van der Waals surface area contributed by atoms with E-state index in [1.807, 2.05) is 65.2 Å². The van der Waals surface area contributed by atoms with Crippen LogP contribution in [0.1, 0.15) is 40.5 Å². The third kappa shape index (κ3) is 5.33. The smallest absolute Gasteiger partial charge is 0.254 e. The number of rotatable bonds is 7. The van der Waals surface area contributed by atoms with Crippen LogP contribution in [0.5, 0.6) is 0 Å². The molecule has 0 saturated carbocycles. The number of hydrogen-bond donors (Lipinski definition) is 0. The molecule has 4 rings (SSSR count). The summed E-state index contributed by atoms with van der Waals surface area (Å²) in [6.45, 7) is 3.64. The molecule has 0 atom stereocenters. The van der Waals surface area contributed by atoms with Crippen LogP contribution in [0.25, 0.3) is 0 Å². The van der Waals surface area contributed by atoms with Gasteiger partial charge in [-0.2, -0.15) is 0 Å². The predicted molar refractivity (Wildman–Crippen MR) is 132 cm³/mol. The number of likely N-dealkylation sites (tertiary alicyclic amines) is 1. The highest BCUT2D eigenvalue weighted by Gasteiger charge is 2.28. The number of carbonyl (C=O) groups excluding carboxylic acids is 1. The molecule has 0 unspecified atom stereocenters. The van der Waals surface area contributed by atoms with Gasteiger partial charge in [-0.3, -0.25) is 4.79 Å². The van der Waals surface area contributed by atoms with Crippen LogP contribution < -0.4 is 0 Å². The summed E-state index contributed by atoms with van der Waals surface area (Å²) in [6.07, 6.45) is 7.20. The zero-order valence-corrected chi connectivity index (χ0v) is 20.6. The van der Waals surface area contributed by atoms with Crippen molar-refractivity contribution in [2.24, 2.45) is 0 Å². The molecular weight excluding hydrogens is 454 g/mol. The number of imidazole rings is 1. The van der Waals surface area contributed by atoms with E-state index in [9.17, 15) is 13.2 Å². The minimum Gasteiger partial charge on any atom is -0.339 e. The van der Waals surface area contributed by atoms with Crippen molar-refractivity contribution in [1.29, 1.82) is 0 Å². The molecule has 8 heteroatoms. The number of amides is 1. The van der Waals surface area contributed by atoms with Gasteiger partial charge in [0.1, 0.15) is 5.82 Å². The fraction of sp³-hybridized carbons (Fsp3) is 0.360. The topological polar surface area (TPSA) is 72.3 Å². The maximum absolute atomic E-state index is 13.0. The van der Waals surface area contributed by atoms with Crippen LogP contribution in [-0.2, 0) is 16.4 Å². The first-order chi connectivity index (χ1) is 15.9. The molecule has 0 radical (unpaired) electrons. The lowest BCUT2D eigenvalue weighted by Crippen LogP contribution is -2.38. The highest BCUT2D eigenvalue weighted by Crippen LogP contribution is 2.29. The Labute approximate surface area is 199 Å². The van der Waals surface area contributed by atoms with Crippen LogP contribution in [0.4, 0.5) is 0 Å². The number of sulfone groups is 1. The lowest BCUT2D eigenvalue weighted by molar-refractivity contribution is 0.0707. The Kier molecular flexibility index (Phi) is 7.24. The summed E-state index contributed by atoms with van der Waals surface area (Å²) in [6, 6.07) is 14.7. The van der Waals surface area contributed by atoms with Crippen molar-refractivity contribution in [3.63, 3.8) is 0 Å². The summed E-state index contributed by atoms with van der Waals surface area (Å²) in [5.41, 5.74) is 1.79. The summed E-state index contributed by atoms with van der Waals surface area (Å²) >= 11 is 1.58. The average molecular weight is 484 g/mol. The number of carbonyl (C=O) groups is 1. The van der Waals surface area contributed by atoms with Crippen LogP contribution in [0, 0.1) is 6.92 Å². The third-order valence-electron chi connectivity index (χ3n) is 6.21. The summed E-state index contributed by atoms with van der Waals surface area (Å²) in [7, 11) is -3.36. The van der Waals surface area contributed by atoms with E-state index in [1.165, 1.54) is 0 Å². The van der Waals surface area contributed by atoms with Crippen molar-refractivity contribution in [2.75, 3.05) is 25.1 Å². The molecule has 0 aliphatic carbocycles. The maximum Gasteiger partial charge on any atom is 0.254 e. The van der Waals surface area contributed by atoms with Gasteiger partial charge in [0.05, 0.1) is 16.2 Å². The van der Waals surface area contributed by atoms with Gasteiger partial charge in [-0.15, -0.1) is 11.8 Å². The molecule has 1 aliphatic heterocycles. The second kappa shape index (κ2) is 10.1. The Bertz CT molecular complexity index is 1210. The second-order valence-corrected chi connectivity index (χ2v) is 11.3. The Morgan fingerprint density at radius 3 is 2.48 bits per heavy atom. The van der Waals surface area contributed by atoms with Crippen LogP contribution in [-0.4, -0.2) is 53.9 Å². The number of aryl methyl sites for hydroxylation is 2. The van der Waals surface area contributed by atoms with E-state index < -0.39 is 9.84 Å². The molecule has 33 heavy (non-hydrogen) atoms. The van der Waals surface area contributed by atoms with Crippen LogP contribution in [0.15, 0.2) is 70.7 Å². The second-order valence-electron chi connectivity index (χ2n) is 8.38. The summed E-state index contributed by atoms with van der Waals surface area (Å²) < 4.78 is 27.5. The Hall–Kier alpha value is -2.58. The molecule has 0 spiro atoms. The number of nitrogens with zero attached hydrogens (tertiary/aromatic N) is 3. The van der Waals surface area contributed by atoms with E-state index in [0.29, 0.717) is 24.5 Å². The molecule has 3 aromatic rings. The van der Waals surface area contributed by atoms with E-state index in [2.05, 4.69) is 4.98 Å². The molecule has 1 aromatic heterocycles. The fourth-order valence-corrected chi connectivity index (χ4v) is 6.10. The van der Waals surface area contributed by atoms with Crippen molar-refractivity contribution >= 4 is 27.5 Å². The largest absolute Gasteiger partial charge is 0.339 e. The zero-order chi connectivity index (χ0) is 23.4. The molecule has 2 aromatic carbocycles. The van der Waals surface area contributed by atoms with Crippen LogP contribution >= 0.6 is 11.8 Å². The van der Waals surface area contributed by atoms with E-state index in [1.54, 1.807) is 30.1 Å². The van der Waals surface area contributed by atoms with Crippen molar-refractivity contribution in [1.82, 2.24) is 14.5 Å². The standard InChI is InChI=1S/C25H29N3O3S2/c1-19-7-9-21(10-8-19)33(30,31)18-17-27-16-13-26-24(27)20-11-14-28(15-12-20)25(29)22-5-3-4-6-23(22)32-2/h3-10,13,16,20H,11-12,14-15,17-18H2,1-2H3. The van der Waals surface area contributed by atoms with Gasteiger partial charge in [-0.1, -0.05) is 29.8 Å². The number of thioether (sulfide) groups is 1. The summed E-state index contributed by atoms with van der Waals surface area (Å²) in [4.78, 5) is 20.8. The fourth-order valence-electron chi connectivity index (χ4n) is 4.28. The third-order valence-corrected chi connectivity index (χ3v) is 8.72. The lowest BCUT2D eigenvalue weighted by Gasteiger charge is -2.32. The highest BCUT2D eigenvalue weighted by atomic mass is 32.2. The number of aromatic nitrogens is 2. The van der Waals surface area contributed by atoms with Gasteiger partial charge in [0, 0.05) is 42.8 Å². The van der Waals surface area contributed by atoms with Crippen LogP contribution in [0.2, 0.25) is 0 Å². The average Bonchev–Trinajstić information content (AvgIpc) is 3.31. The van der Waals surface area contributed by atoms with E-state index in [0.717, 1.165) is 34.7 Å². The van der Waals surface area contributed by atoms with Gasteiger partial charge in [0.2, 0.25) is 0 Å². The molecule has 6 nitrogen and oxygen atoms in total. The van der Waals surface area contributed by atoms with Crippen molar-refractivity contribution < 1.29 is 13.2 Å². The Balaban J connectivity index is 1.39. The van der Waals surface area contributed by atoms with E-state index in [4.69, 9.17) is 0 Å². The van der Waals surface area contributed by atoms with Gasteiger partial charge in [-0.05, 0) is 50.3 Å². The SMILES string of the molecule is CSc1ccccc1C(=O)N1CCC(c2nccn2CCS(=O)(=O)c2ccc(C)cc2)CC1. The lowest BCUT2D eigenvalue weighted by atomic mass is 9.95. The molecule has 174 valence electrons. The van der Waals surface area contributed by atoms with Crippen molar-refractivity contribution in [3.05, 3.63) is 77.9 Å². The van der Waals surface area contributed by atoms with Gasteiger partial charge in [-0.25, -0.2) is 13.4 Å². The Morgan fingerprint density at radius 2 is 1.79 bits per heavy atom. The van der Waals surface area contributed by atoms with Crippen molar-refractivity contribution in [2.45, 2.75) is 42.0 Å². The van der Waals surface area contributed by atoms with Gasteiger partial charge >= 0.3 is 0 Å². The quantitative estimate of drug-likeness (QED) is 0.466. The van der Waals surface area contributed by atoms with Gasteiger partial charge in [0.25, 0.3) is 5.91 Å². The first kappa shape index (κ1) is 23.6. The zero-order valence-electron chi connectivity index (χ0n) is 19.0. The molecule has 1 aliphatic rings. The first-order valence-corrected chi connectivity index (χ1v) is 14.0. The monoisotopic (exact) mass is 483 g/mol. The summed E-state index contributed by atoms with van der Waals surface area (Å²) in [5.74, 6) is 1.22. The van der Waals surface area contributed by atoms with Crippen LogP contribution in [0.3, 0.4) is 0 Å². The maximum atomic E-state index is 13.0. The molecule has 1 fully saturated rings. The minimum atomic E-state index is -3.36. The number of benzene rings is 2. The van der Waals surface area contributed by atoms with Gasteiger partial charge < -0.3 is 9.47 Å². The normalized spacial score (nSPS) is 15.0. The number of piperidine rings is 1. The molecule has 1 amide bonds. The summed E-state index contributed by atoms with van der Waals surface area (Å²) in [5, 5.41) is 0. The van der Waals surface area contributed by atoms with E-state index in [-0.39, 0.29) is 17.6 Å². The first-order valence-electron chi connectivity index (χ1n) is 11.1. The highest BCUT2D eigenvalue weighted by molar-refractivity contribution is 7.98. The van der Waals surface area contributed by atoms with E-state index >= 15 is 0 Å².